The molecule has 1 aromatic heterocycles. The van der Waals surface area contributed by atoms with Crippen molar-refractivity contribution in [1.29, 1.82) is 0 Å². The average molecular weight is 324 g/mol. The summed E-state index contributed by atoms with van der Waals surface area (Å²) in [4.78, 5) is 18.6. The van der Waals surface area contributed by atoms with Crippen LogP contribution in [0.1, 0.15) is 17.6 Å². The average Bonchev–Trinajstić information content (AvgIpc) is 2.89. The summed E-state index contributed by atoms with van der Waals surface area (Å²) in [5, 5.41) is 2.76. The van der Waals surface area contributed by atoms with E-state index in [1.165, 1.54) is 23.9 Å². The lowest BCUT2D eigenvalue weighted by Crippen LogP contribution is -2.36. The van der Waals surface area contributed by atoms with Gasteiger partial charge in [0.25, 0.3) is 0 Å². The Morgan fingerprint density at radius 1 is 1.43 bits per heavy atom. The molecular weight excluding hydrogens is 307 g/mol. The van der Waals surface area contributed by atoms with Gasteiger partial charge in [0, 0.05) is 11.1 Å². The first-order chi connectivity index (χ1) is 10.0. The van der Waals surface area contributed by atoms with Gasteiger partial charge in [-0.2, -0.15) is 11.8 Å². The Labute approximate surface area is 132 Å². The van der Waals surface area contributed by atoms with Crippen LogP contribution in [0.4, 0.5) is 10.1 Å². The second-order valence-electron chi connectivity index (χ2n) is 4.64. The van der Waals surface area contributed by atoms with Crippen LogP contribution in [-0.4, -0.2) is 22.4 Å². The lowest BCUT2D eigenvalue weighted by atomic mass is 10.2. The molecule has 0 aliphatic carbocycles. The molecule has 0 radical (unpaired) electrons. The third kappa shape index (κ3) is 4.04. The Morgan fingerprint density at radius 2 is 2.10 bits per heavy atom. The Kier molecular flexibility index (Phi) is 5.36. The molecule has 0 spiro atoms. The van der Waals surface area contributed by atoms with Gasteiger partial charge >= 0.3 is 0 Å². The maximum Gasteiger partial charge on any atom is 0.240 e. The number of thiazole rings is 1. The molecule has 1 unspecified atom stereocenters. The Balaban J connectivity index is 2.29. The van der Waals surface area contributed by atoms with E-state index in [0.717, 1.165) is 10.7 Å². The molecule has 1 heterocycles. The number of nitrogens with zero attached hydrogens (tertiary/aromatic N) is 2. The lowest BCUT2D eigenvalue weighted by Gasteiger charge is -2.24. The van der Waals surface area contributed by atoms with Gasteiger partial charge in [-0.15, -0.1) is 11.3 Å². The van der Waals surface area contributed by atoms with Gasteiger partial charge in [0.15, 0.2) is 0 Å². The van der Waals surface area contributed by atoms with Crippen molar-refractivity contribution in [2.24, 2.45) is 0 Å². The highest BCUT2D eigenvalue weighted by atomic mass is 32.2. The van der Waals surface area contributed by atoms with Crippen molar-refractivity contribution >= 4 is 34.7 Å². The van der Waals surface area contributed by atoms with Crippen molar-refractivity contribution in [2.45, 2.75) is 25.6 Å². The van der Waals surface area contributed by atoms with E-state index in [1.807, 2.05) is 25.5 Å². The van der Waals surface area contributed by atoms with Crippen LogP contribution < -0.4 is 4.90 Å². The zero-order chi connectivity index (χ0) is 15.4. The molecule has 21 heavy (non-hydrogen) atoms. The van der Waals surface area contributed by atoms with E-state index in [0.29, 0.717) is 12.2 Å². The van der Waals surface area contributed by atoms with Gasteiger partial charge in [-0.3, -0.25) is 4.79 Å². The molecule has 0 bridgehead atoms. The molecule has 112 valence electrons. The number of benzene rings is 1. The number of carbonyl (C=O) groups excluding carboxylic acids is 1. The van der Waals surface area contributed by atoms with Crippen molar-refractivity contribution in [1.82, 2.24) is 4.98 Å². The number of rotatable bonds is 5. The van der Waals surface area contributed by atoms with E-state index in [9.17, 15) is 9.18 Å². The predicted octanol–water partition coefficient (Wildman–Crippen LogP) is 3.88. The summed E-state index contributed by atoms with van der Waals surface area (Å²) in [5.41, 5.74) is 1.54. The predicted molar refractivity (Wildman–Crippen MR) is 87.4 cm³/mol. The second kappa shape index (κ2) is 7.04. The minimum Gasteiger partial charge on any atom is -0.305 e. The fourth-order valence-electron chi connectivity index (χ4n) is 1.88. The van der Waals surface area contributed by atoms with Gasteiger partial charge in [-0.05, 0) is 44.4 Å². The number of anilines is 1. The number of amides is 1. The minimum absolute atomic E-state index is 0.000221. The monoisotopic (exact) mass is 324 g/mol. The first kappa shape index (κ1) is 16.0. The van der Waals surface area contributed by atoms with Gasteiger partial charge in [-0.1, -0.05) is 0 Å². The zero-order valence-corrected chi connectivity index (χ0v) is 13.8. The van der Waals surface area contributed by atoms with Gasteiger partial charge < -0.3 is 4.90 Å². The van der Waals surface area contributed by atoms with E-state index in [1.54, 1.807) is 28.4 Å². The summed E-state index contributed by atoms with van der Waals surface area (Å²) in [6.45, 7) is 4.21. The lowest BCUT2D eigenvalue weighted by molar-refractivity contribution is -0.118. The van der Waals surface area contributed by atoms with Crippen LogP contribution >= 0.6 is 23.1 Å². The van der Waals surface area contributed by atoms with Crippen LogP contribution in [0.25, 0.3) is 0 Å². The number of aromatic nitrogens is 1. The van der Waals surface area contributed by atoms with Crippen molar-refractivity contribution in [2.75, 3.05) is 11.2 Å². The summed E-state index contributed by atoms with van der Waals surface area (Å²) in [6, 6.07) is 5.98. The van der Waals surface area contributed by atoms with Crippen molar-refractivity contribution < 1.29 is 9.18 Å². The Bertz CT molecular complexity index is 612. The molecule has 0 fully saturated rings. The van der Waals surface area contributed by atoms with Crippen LogP contribution in [0.3, 0.4) is 0 Å². The molecule has 0 N–H and O–H groups in total. The van der Waals surface area contributed by atoms with Gasteiger partial charge in [-0.25, -0.2) is 9.37 Å². The molecule has 1 aromatic carbocycles. The number of aryl methyl sites for hydroxylation is 1. The van der Waals surface area contributed by atoms with Crippen LogP contribution in [0.15, 0.2) is 29.6 Å². The fourth-order valence-corrected chi connectivity index (χ4v) is 2.81. The summed E-state index contributed by atoms with van der Waals surface area (Å²) < 4.78 is 13.1. The van der Waals surface area contributed by atoms with Crippen molar-refractivity contribution in [3.05, 3.63) is 46.2 Å². The smallest absolute Gasteiger partial charge is 0.240 e. The molecule has 1 amide bonds. The van der Waals surface area contributed by atoms with E-state index in [4.69, 9.17) is 0 Å². The highest BCUT2D eigenvalue weighted by Gasteiger charge is 2.22. The number of halogens is 1. The number of hydrogen-bond donors (Lipinski definition) is 0. The largest absolute Gasteiger partial charge is 0.305 e. The first-order valence-corrected chi connectivity index (χ1v) is 8.68. The standard InChI is InChI=1S/C15H17FN2OS2/c1-10(20-3)15(19)18(8-13-9-21-11(2)17-13)14-6-4-12(16)5-7-14/h4-7,9-10H,8H2,1-3H3. The van der Waals surface area contributed by atoms with Crippen LogP contribution in [0.5, 0.6) is 0 Å². The zero-order valence-electron chi connectivity index (χ0n) is 12.2. The second-order valence-corrected chi connectivity index (χ2v) is 6.88. The molecule has 0 aliphatic heterocycles. The molecule has 0 aliphatic rings. The van der Waals surface area contributed by atoms with E-state index in [2.05, 4.69) is 4.98 Å². The number of thioether (sulfide) groups is 1. The number of carbonyl (C=O) groups is 1. The molecule has 1 atom stereocenters. The van der Waals surface area contributed by atoms with Crippen LogP contribution in [0, 0.1) is 12.7 Å². The summed E-state index contributed by atoms with van der Waals surface area (Å²) in [7, 11) is 0. The van der Waals surface area contributed by atoms with Gasteiger partial charge in [0.05, 0.1) is 22.5 Å². The molecule has 3 nitrogen and oxygen atoms in total. The van der Waals surface area contributed by atoms with E-state index < -0.39 is 0 Å². The highest BCUT2D eigenvalue weighted by molar-refractivity contribution is 7.99. The van der Waals surface area contributed by atoms with Crippen LogP contribution in [0.2, 0.25) is 0 Å². The number of hydrogen-bond acceptors (Lipinski definition) is 4. The maximum atomic E-state index is 13.1. The molecular formula is C15H17FN2OS2. The van der Waals surface area contributed by atoms with E-state index in [-0.39, 0.29) is 17.0 Å². The van der Waals surface area contributed by atoms with Crippen LogP contribution in [-0.2, 0) is 11.3 Å². The molecule has 2 aromatic rings. The topological polar surface area (TPSA) is 33.2 Å². The molecule has 6 heteroatoms. The maximum absolute atomic E-state index is 13.1. The quantitative estimate of drug-likeness (QED) is 0.837. The highest BCUT2D eigenvalue weighted by Crippen LogP contribution is 2.22. The first-order valence-electron chi connectivity index (χ1n) is 6.52. The summed E-state index contributed by atoms with van der Waals surface area (Å²) in [6.07, 6.45) is 1.90. The SMILES string of the molecule is CSC(C)C(=O)N(Cc1csc(C)n1)c1ccc(F)cc1. The Hall–Kier alpha value is -1.40. The summed E-state index contributed by atoms with van der Waals surface area (Å²) in [5.74, 6) is -0.312. The minimum atomic E-state index is -0.312. The third-order valence-electron chi connectivity index (χ3n) is 3.09. The van der Waals surface area contributed by atoms with Crippen molar-refractivity contribution in [3.63, 3.8) is 0 Å². The Morgan fingerprint density at radius 3 is 2.62 bits per heavy atom. The molecule has 0 saturated carbocycles. The summed E-state index contributed by atoms with van der Waals surface area (Å²) >= 11 is 3.05. The normalized spacial score (nSPS) is 12.2. The third-order valence-corrected chi connectivity index (χ3v) is 4.82. The van der Waals surface area contributed by atoms with Gasteiger partial charge in [0.2, 0.25) is 5.91 Å². The molecule has 2 rings (SSSR count). The molecule has 0 saturated heterocycles. The fraction of sp³-hybridized carbons (Fsp3) is 0.333. The van der Waals surface area contributed by atoms with Gasteiger partial charge in [0.1, 0.15) is 5.82 Å². The van der Waals surface area contributed by atoms with Crippen molar-refractivity contribution in [3.8, 4) is 0 Å². The van der Waals surface area contributed by atoms with E-state index >= 15 is 0 Å².